The van der Waals surface area contributed by atoms with E-state index in [0.29, 0.717) is 33.9 Å². The second-order valence-electron chi connectivity index (χ2n) is 12.7. The number of nitrogens with zero attached hydrogens (tertiary/aromatic N) is 7. The van der Waals surface area contributed by atoms with E-state index >= 15 is 0 Å². The molecule has 4 heterocycles. The highest BCUT2D eigenvalue weighted by atomic mass is 32.2. The number of aromatic nitrogens is 5. The Bertz CT molecular complexity index is 1620. The molecule has 0 unspecified atom stereocenters. The topological polar surface area (TPSA) is 150 Å². The van der Waals surface area contributed by atoms with Gasteiger partial charge in [0.1, 0.15) is 11.3 Å². The van der Waals surface area contributed by atoms with Gasteiger partial charge in [-0.2, -0.15) is 0 Å². The normalized spacial score (nSPS) is 19.8. The summed E-state index contributed by atoms with van der Waals surface area (Å²) in [6.45, 7) is 4.52. The molecule has 0 radical (unpaired) electrons. The number of nitrogens with one attached hydrogen (secondary N) is 1. The molecule has 0 amide bonds. The van der Waals surface area contributed by atoms with Crippen molar-refractivity contribution in [2.24, 2.45) is 5.41 Å². The Morgan fingerprint density at radius 2 is 1.61 bits per heavy atom. The summed E-state index contributed by atoms with van der Waals surface area (Å²) in [5.74, 6) is -2.89. The van der Waals surface area contributed by atoms with E-state index in [9.17, 15) is 22.3 Å². The number of sulfonamides is 1. The fourth-order valence-corrected chi connectivity index (χ4v) is 6.67. The van der Waals surface area contributed by atoms with Gasteiger partial charge in [-0.25, -0.2) is 31.8 Å². The number of piperidine rings is 2. The van der Waals surface area contributed by atoms with E-state index in [1.165, 1.54) is 12.8 Å². The van der Waals surface area contributed by atoms with Crippen LogP contribution in [-0.4, -0.2) is 88.1 Å². The van der Waals surface area contributed by atoms with E-state index in [1.54, 1.807) is 53.9 Å². The molecule has 12 nitrogen and oxygen atoms in total. The number of hydrogen-bond acceptors (Lipinski definition) is 10. The third-order valence-corrected chi connectivity index (χ3v) is 10.1. The molecule has 15 heteroatoms. The number of rotatable bonds is 9. The van der Waals surface area contributed by atoms with Crippen LogP contribution in [0.2, 0.25) is 0 Å². The zero-order valence-corrected chi connectivity index (χ0v) is 25.7. The first-order valence-electron chi connectivity index (χ1n) is 14.9. The lowest BCUT2D eigenvalue weighted by atomic mass is 9.93. The molecule has 2 aliphatic heterocycles. The lowest BCUT2D eigenvalue weighted by Gasteiger charge is -2.35. The number of halogens is 2. The van der Waals surface area contributed by atoms with Crippen LogP contribution >= 0.6 is 0 Å². The summed E-state index contributed by atoms with van der Waals surface area (Å²) in [5, 5.41) is 28.7. The van der Waals surface area contributed by atoms with E-state index in [2.05, 4.69) is 29.9 Å². The van der Waals surface area contributed by atoms with Gasteiger partial charge in [-0.3, -0.25) is 4.72 Å². The van der Waals surface area contributed by atoms with Crippen LogP contribution < -0.4 is 14.5 Å². The Hall–Kier alpha value is -3.43. The van der Waals surface area contributed by atoms with E-state index < -0.39 is 33.9 Å². The molecule has 3 fully saturated rings. The van der Waals surface area contributed by atoms with Crippen molar-refractivity contribution in [3.8, 4) is 17.1 Å². The lowest BCUT2D eigenvalue weighted by molar-refractivity contribution is -0.0223. The van der Waals surface area contributed by atoms with Crippen LogP contribution in [0, 0.1) is 5.41 Å². The Morgan fingerprint density at radius 3 is 2.25 bits per heavy atom. The summed E-state index contributed by atoms with van der Waals surface area (Å²) in [5.41, 5.74) is 2.09. The van der Waals surface area contributed by atoms with Crippen LogP contribution in [-0.2, 0) is 15.6 Å². The summed E-state index contributed by atoms with van der Waals surface area (Å²) in [4.78, 5) is 13.1. The van der Waals surface area contributed by atoms with Gasteiger partial charge in [0.05, 0.1) is 47.0 Å². The van der Waals surface area contributed by atoms with Gasteiger partial charge < -0.3 is 20.0 Å². The van der Waals surface area contributed by atoms with Gasteiger partial charge in [0.25, 0.3) is 5.92 Å². The first kappa shape index (κ1) is 30.6. The average Bonchev–Trinajstić information content (AvgIpc) is 3.52. The quantitative estimate of drug-likeness (QED) is 0.321. The molecule has 3 aliphatic rings. The van der Waals surface area contributed by atoms with Crippen LogP contribution in [0.5, 0.6) is 0 Å². The van der Waals surface area contributed by atoms with Crippen molar-refractivity contribution in [2.75, 3.05) is 53.1 Å². The summed E-state index contributed by atoms with van der Waals surface area (Å²) in [6, 6.07) is 6.81. The number of anilines is 3. The highest BCUT2D eigenvalue weighted by molar-refractivity contribution is 7.92. The summed E-state index contributed by atoms with van der Waals surface area (Å²) >= 11 is 0. The highest BCUT2D eigenvalue weighted by Gasteiger charge is 2.44. The molecular formula is C29H38F2N8O4S. The maximum Gasteiger partial charge on any atom is 0.251 e. The van der Waals surface area contributed by atoms with Crippen LogP contribution in [0.25, 0.3) is 17.1 Å². The van der Waals surface area contributed by atoms with Crippen molar-refractivity contribution in [3.63, 3.8) is 0 Å². The van der Waals surface area contributed by atoms with Gasteiger partial charge in [0, 0.05) is 39.0 Å². The summed E-state index contributed by atoms with van der Waals surface area (Å²) in [6.07, 6.45) is 5.69. The van der Waals surface area contributed by atoms with Gasteiger partial charge in [0.2, 0.25) is 16.0 Å². The first-order valence-corrected chi connectivity index (χ1v) is 16.6. The molecule has 3 aromatic rings. The van der Waals surface area contributed by atoms with Gasteiger partial charge in [-0.15, -0.1) is 5.10 Å². The fraction of sp³-hybridized carbons (Fsp3) is 0.586. The van der Waals surface area contributed by atoms with Crippen LogP contribution in [0.15, 0.2) is 30.5 Å². The minimum atomic E-state index is -3.72. The predicted molar refractivity (Wildman–Crippen MR) is 162 cm³/mol. The molecule has 2 aromatic heterocycles. The standard InChI is InChI=1S/C29H38F2N8O4S/c1-27(2,41)25-18-21(32-26(33-25)38-13-9-29(30,31)10-14-38)22-19-39(36-34-22)23-4-3-20(35-44(42,43)16-15-40)17-24(23)37-11-7-28(5-6-28)8-12-37/h3-4,17-19,35,40-41H,5-16H2,1-2H3. The predicted octanol–water partition coefficient (Wildman–Crippen LogP) is 3.30. The third kappa shape index (κ3) is 6.64. The maximum absolute atomic E-state index is 13.8. The molecule has 2 saturated heterocycles. The van der Waals surface area contributed by atoms with Crippen molar-refractivity contribution in [1.82, 2.24) is 25.0 Å². The highest BCUT2D eigenvalue weighted by Crippen LogP contribution is 2.54. The van der Waals surface area contributed by atoms with Gasteiger partial charge in [-0.05, 0) is 69.2 Å². The number of benzene rings is 1. The second kappa shape index (κ2) is 11.2. The summed E-state index contributed by atoms with van der Waals surface area (Å²) in [7, 11) is -3.72. The third-order valence-electron chi connectivity index (χ3n) is 8.85. The Morgan fingerprint density at radius 1 is 0.932 bits per heavy atom. The molecule has 3 N–H and O–H groups in total. The maximum atomic E-state index is 13.8. The smallest absolute Gasteiger partial charge is 0.251 e. The monoisotopic (exact) mass is 632 g/mol. The molecule has 0 atom stereocenters. The molecule has 1 aliphatic carbocycles. The minimum absolute atomic E-state index is 0.0866. The molecule has 0 bridgehead atoms. The van der Waals surface area contributed by atoms with Crippen LogP contribution in [0.4, 0.5) is 26.1 Å². The van der Waals surface area contributed by atoms with E-state index in [1.807, 2.05) is 0 Å². The average molecular weight is 633 g/mol. The number of alkyl halides is 2. The van der Waals surface area contributed by atoms with Gasteiger partial charge in [-0.1, -0.05) is 5.21 Å². The van der Waals surface area contributed by atoms with Crippen LogP contribution in [0.3, 0.4) is 0 Å². The second-order valence-corrected chi connectivity index (χ2v) is 14.6. The van der Waals surface area contributed by atoms with Crippen molar-refractivity contribution >= 4 is 27.3 Å². The van der Waals surface area contributed by atoms with E-state index in [0.717, 1.165) is 31.6 Å². The number of hydrogen-bond donors (Lipinski definition) is 3. The Kier molecular flexibility index (Phi) is 7.77. The first-order chi connectivity index (χ1) is 20.7. The van der Waals surface area contributed by atoms with Crippen molar-refractivity contribution in [3.05, 3.63) is 36.2 Å². The molecular weight excluding hydrogens is 594 g/mol. The zero-order chi connectivity index (χ0) is 31.3. The molecule has 44 heavy (non-hydrogen) atoms. The van der Waals surface area contributed by atoms with Crippen molar-refractivity contribution in [1.29, 1.82) is 0 Å². The minimum Gasteiger partial charge on any atom is -0.395 e. The summed E-state index contributed by atoms with van der Waals surface area (Å²) < 4.78 is 56.6. The van der Waals surface area contributed by atoms with Gasteiger partial charge >= 0.3 is 0 Å². The van der Waals surface area contributed by atoms with Crippen molar-refractivity contribution in [2.45, 2.75) is 63.9 Å². The SMILES string of the molecule is CC(C)(O)c1cc(-c2cn(-c3ccc(NS(=O)(=O)CCO)cc3N3CCC4(CC3)CC4)nn2)nc(N2CCC(F)(F)CC2)n1. The molecule has 6 rings (SSSR count). The molecule has 1 aromatic carbocycles. The lowest BCUT2D eigenvalue weighted by Crippen LogP contribution is -2.40. The van der Waals surface area contributed by atoms with Crippen molar-refractivity contribution < 1.29 is 27.4 Å². The van der Waals surface area contributed by atoms with E-state index in [4.69, 9.17) is 5.11 Å². The molecule has 238 valence electrons. The Labute approximate surface area is 255 Å². The molecule has 1 saturated carbocycles. The number of aliphatic hydroxyl groups is 2. The fourth-order valence-electron chi connectivity index (χ4n) is 5.84. The Balaban J connectivity index is 1.34. The van der Waals surface area contributed by atoms with Crippen LogP contribution in [0.1, 0.15) is 58.1 Å². The number of aliphatic hydroxyl groups excluding tert-OH is 1. The van der Waals surface area contributed by atoms with E-state index in [-0.39, 0.29) is 31.9 Å². The zero-order valence-electron chi connectivity index (χ0n) is 24.9. The van der Waals surface area contributed by atoms with Gasteiger partial charge in [0.15, 0.2) is 0 Å². The largest absolute Gasteiger partial charge is 0.395 e. The molecule has 1 spiro atoms.